The minimum Gasteiger partial charge on any atom is -0.466 e. The number of methoxy groups -OCH3 is 1. The van der Waals surface area contributed by atoms with Gasteiger partial charge in [0.1, 0.15) is 0 Å². The molecule has 0 saturated heterocycles. The molecule has 0 aromatic rings. The lowest BCUT2D eigenvalue weighted by Gasteiger charge is -1.91. The van der Waals surface area contributed by atoms with Crippen LogP contribution < -0.4 is 0 Å². The average Bonchev–Trinajstić information content (AvgIpc) is 2.10. The van der Waals surface area contributed by atoms with Gasteiger partial charge in [0.15, 0.2) is 0 Å². The molecule has 0 radical (unpaired) electrons. The third kappa shape index (κ3) is 3.94. The maximum absolute atomic E-state index is 10.8. The summed E-state index contributed by atoms with van der Waals surface area (Å²) in [6.07, 6.45) is 1.83. The van der Waals surface area contributed by atoms with Gasteiger partial charge in [0.25, 0.3) is 0 Å². The Morgan fingerprint density at radius 1 is 1.14 bits per heavy atom. The lowest BCUT2D eigenvalue weighted by molar-refractivity contribution is -0.135. The second-order valence-electron chi connectivity index (χ2n) is 2.28. The predicted molar refractivity (Wildman–Crippen MR) is 46.0 cm³/mol. The molecule has 0 fully saturated rings. The van der Waals surface area contributed by atoms with Crippen molar-refractivity contribution in [2.75, 3.05) is 13.4 Å². The molecule has 0 aromatic carbocycles. The Morgan fingerprint density at radius 2 is 1.64 bits per heavy atom. The molecule has 0 N–H and O–H groups in total. The van der Waals surface area contributed by atoms with E-state index in [0.29, 0.717) is 18.4 Å². The fourth-order valence-corrected chi connectivity index (χ4v) is 0.896. The number of allylic oxidation sites excluding steroid dienone is 1. The van der Waals surface area contributed by atoms with Crippen molar-refractivity contribution in [2.24, 2.45) is 0 Å². The Bertz CT molecular complexity index is 388. The van der Waals surface area contributed by atoms with Gasteiger partial charge in [0.05, 0.1) is 7.11 Å². The van der Waals surface area contributed by atoms with Gasteiger partial charge in [-0.3, -0.25) is 9.59 Å². The molecule has 0 atom stereocenters. The number of esters is 1. The van der Waals surface area contributed by atoms with Gasteiger partial charge in [-0.25, -0.2) is 13.2 Å². The highest BCUT2D eigenvalue weighted by molar-refractivity contribution is 8.07. The van der Waals surface area contributed by atoms with Crippen LogP contribution in [0.1, 0.15) is 0 Å². The standard InChI is InChI=1S/C7H8O6S/c1-13-6(9)4-3-5(8)7(10)14(2,11)12/h3-4H,1-2H3/b4-3+. The van der Waals surface area contributed by atoms with Crippen molar-refractivity contribution in [2.45, 2.75) is 0 Å². The number of carbonyl (C=O) groups excluding carboxylic acids is 3. The third-order valence-electron chi connectivity index (χ3n) is 1.11. The first kappa shape index (κ1) is 12.5. The molecule has 0 unspecified atom stereocenters. The molecule has 0 bridgehead atoms. The number of hydrogen-bond donors (Lipinski definition) is 0. The van der Waals surface area contributed by atoms with Gasteiger partial charge in [-0.05, 0) is 6.08 Å². The van der Waals surface area contributed by atoms with E-state index in [2.05, 4.69) is 4.74 Å². The van der Waals surface area contributed by atoms with Crippen molar-refractivity contribution >= 4 is 26.7 Å². The Morgan fingerprint density at radius 3 is 2.00 bits per heavy atom. The molecule has 0 heterocycles. The number of ketones is 1. The van der Waals surface area contributed by atoms with E-state index >= 15 is 0 Å². The van der Waals surface area contributed by atoms with Gasteiger partial charge in [0, 0.05) is 12.3 Å². The third-order valence-corrected chi connectivity index (χ3v) is 1.98. The van der Waals surface area contributed by atoms with Gasteiger partial charge in [-0.15, -0.1) is 0 Å². The minimum atomic E-state index is -4.05. The Labute approximate surface area is 80.5 Å². The molecule has 0 saturated carbocycles. The molecule has 0 aliphatic heterocycles. The van der Waals surface area contributed by atoms with Crippen LogP contribution in [0.25, 0.3) is 0 Å². The van der Waals surface area contributed by atoms with E-state index in [1.54, 1.807) is 0 Å². The Hall–Kier alpha value is -1.50. The second-order valence-corrected chi connectivity index (χ2v) is 4.20. The molecule has 0 aromatic heterocycles. The Kier molecular flexibility index (Phi) is 4.16. The van der Waals surface area contributed by atoms with Gasteiger partial charge in [-0.2, -0.15) is 0 Å². The Balaban J connectivity index is 4.61. The van der Waals surface area contributed by atoms with Crippen molar-refractivity contribution < 1.29 is 27.5 Å². The molecule has 6 nitrogen and oxygen atoms in total. The summed E-state index contributed by atoms with van der Waals surface area (Å²) in [6, 6.07) is 0. The molecule has 78 valence electrons. The molecule has 0 spiro atoms. The SMILES string of the molecule is COC(=O)/C=C/C(=O)C(=O)S(C)(=O)=O. The fraction of sp³-hybridized carbons (Fsp3) is 0.286. The van der Waals surface area contributed by atoms with Crippen LogP contribution in [0.3, 0.4) is 0 Å². The minimum absolute atomic E-state index is 0.551. The molecular weight excluding hydrogens is 212 g/mol. The summed E-state index contributed by atoms with van der Waals surface area (Å²) in [4.78, 5) is 32.0. The molecule has 14 heavy (non-hydrogen) atoms. The number of carbonyl (C=O) groups is 3. The molecular formula is C7H8O6S. The summed E-state index contributed by atoms with van der Waals surface area (Å²) in [5.41, 5.74) is 0. The summed E-state index contributed by atoms with van der Waals surface area (Å²) in [6.45, 7) is 0. The van der Waals surface area contributed by atoms with Crippen molar-refractivity contribution in [3.63, 3.8) is 0 Å². The average molecular weight is 220 g/mol. The van der Waals surface area contributed by atoms with Crippen LogP contribution in [0.2, 0.25) is 0 Å². The van der Waals surface area contributed by atoms with Crippen LogP contribution in [-0.4, -0.2) is 38.7 Å². The highest BCUT2D eigenvalue weighted by atomic mass is 32.2. The van der Waals surface area contributed by atoms with Gasteiger partial charge in [0.2, 0.25) is 15.6 Å². The lowest BCUT2D eigenvalue weighted by atomic mass is 10.4. The zero-order valence-corrected chi connectivity index (χ0v) is 8.33. The number of ether oxygens (including phenoxy) is 1. The first-order valence-electron chi connectivity index (χ1n) is 3.33. The van der Waals surface area contributed by atoms with E-state index in [-0.39, 0.29) is 0 Å². The zero-order chi connectivity index (χ0) is 11.4. The maximum atomic E-state index is 10.8. The van der Waals surface area contributed by atoms with E-state index < -0.39 is 26.7 Å². The predicted octanol–water partition coefficient (Wildman–Crippen LogP) is -1.14. The quantitative estimate of drug-likeness (QED) is 0.339. The van der Waals surface area contributed by atoms with E-state index in [0.717, 1.165) is 7.11 Å². The molecule has 0 aliphatic carbocycles. The van der Waals surface area contributed by atoms with Crippen LogP contribution in [0, 0.1) is 0 Å². The van der Waals surface area contributed by atoms with E-state index in [4.69, 9.17) is 0 Å². The van der Waals surface area contributed by atoms with Crippen LogP contribution in [-0.2, 0) is 29.0 Å². The van der Waals surface area contributed by atoms with E-state index in [1.807, 2.05) is 0 Å². The number of hydrogen-bond acceptors (Lipinski definition) is 6. The monoisotopic (exact) mass is 220 g/mol. The van der Waals surface area contributed by atoms with Gasteiger partial charge >= 0.3 is 11.1 Å². The van der Waals surface area contributed by atoms with E-state index in [9.17, 15) is 22.8 Å². The number of sulfone groups is 1. The largest absolute Gasteiger partial charge is 0.466 e. The smallest absolute Gasteiger partial charge is 0.330 e. The summed E-state index contributed by atoms with van der Waals surface area (Å²) in [5.74, 6) is -2.13. The highest BCUT2D eigenvalue weighted by Crippen LogP contribution is 1.90. The normalized spacial score (nSPS) is 11.3. The molecule has 0 amide bonds. The summed E-state index contributed by atoms with van der Waals surface area (Å²) in [7, 11) is -2.97. The number of rotatable bonds is 3. The summed E-state index contributed by atoms with van der Waals surface area (Å²) >= 11 is 0. The first-order valence-corrected chi connectivity index (χ1v) is 5.22. The van der Waals surface area contributed by atoms with Gasteiger partial charge in [-0.1, -0.05) is 0 Å². The maximum Gasteiger partial charge on any atom is 0.330 e. The van der Waals surface area contributed by atoms with Crippen LogP contribution in [0.4, 0.5) is 0 Å². The zero-order valence-electron chi connectivity index (χ0n) is 7.51. The highest BCUT2D eigenvalue weighted by Gasteiger charge is 2.22. The summed E-state index contributed by atoms with van der Waals surface area (Å²) < 4.78 is 25.3. The molecule has 7 heteroatoms. The van der Waals surface area contributed by atoms with Crippen molar-refractivity contribution in [1.82, 2.24) is 0 Å². The van der Waals surface area contributed by atoms with E-state index in [1.165, 1.54) is 0 Å². The first-order chi connectivity index (χ1) is 6.29. The topological polar surface area (TPSA) is 94.6 Å². The lowest BCUT2D eigenvalue weighted by Crippen LogP contribution is -2.21. The van der Waals surface area contributed by atoms with Crippen LogP contribution >= 0.6 is 0 Å². The van der Waals surface area contributed by atoms with Crippen molar-refractivity contribution in [1.29, 1.82) is 0 Å². The van der Waals surface area contributed by atoms with Crippen LogP contribution in [0.15, 0.2) is 12.2 Å². The summed E-state index contributed by atoms with van der Waals surface area (Å²) in [5, 5.41) is -1.56. The second kappa shape index (κ2) is 4.66. The van der Waals surface area contributed by atoms with Crippen molar-refractivity contribution in [3.8, 4) is 0 Å². The molecule has 0 rings (SSSR count). The van der Waals surface area contributed by atoms with Crippen LogP contribution in [0.5, 0.6) is 0 Å². The fourth-order valence-electron chi connectivity index (χ4n) is 0.463. The van der Waals surface area contributed by atoms with Crippen molar-refractivity contribution in [3.05, 3.63) is 12.2 Å². The molecule has 0 aliphatic rings. The van der Waals surface area contributed by atoms with Gasteiger partial charge < -0.3 is 4.74 Å².